The predicted octanol–water partition coefficient (Wildman–Crippen LogP) is 1.18. The molecular weight excluding hydrogens is 272 g/mol. The van der Waals surface area contributed by atoms with Crippen molar-refractivity contribution >= 4 is 5.91 Å². The number of amides is 1. The molecule has 1 aromatic rings. The number of ether oxygens (including phenoxy) is 3. The maximum Gasteiger partial charge on any atom is 0.224 e. The molecule has 0 aliphatic heterocycles. The van der Waals surface area contributed by atoms with Crippen molar-refractivity contribution in [1.29, 1.82) is 0 Å². The van der Waals surface area contributed by atoms with Crippen molar-refractivity contribution in [1.82, 2.24) is 10.6 Å². The van der Waals surface area contributed by atoms with Gasteiger partial charge in [0.25, 0.3) is 0 Å². The first-order valence-corrected chi connectivity index (χ1v) is 6.78. The van der Waals surface area contributed by atoms with Gasteiger partial charge in [-0.15, -0.1) is 0 Å². The van der Waals surface area contributed by atoms with Crippen LogP contribution in [0.1, 0.15) is 12.5 Å². The van der Waals surface area contributed by atoms with Crippen molar-refractivity contribution < 1.29 is 19.0 Å². The zero-order chi connectivity index (χ0) is 15.8. The van der Waals surface area contributed by atoms with Gasteiger partial charge in [0.2, 0.25) is 5.91 Å². The largest absolute Gasteiger partial charge is 0.496 e. The van der Waals surface area contributed by atoms with E-state index in [0.29, 0.717) is 30.3 Å². The van der Waals surface area contributed by atoms with E-state index in [4.69, 9.17) is 14.2 Å². The third kappa shape index (κ3) is 4.53. The van der Waals surface area contributed by atoms with Gasteiger partial charge in [0.05, 0.1) is 21.3 Å². The summed E-state index contributed by atoms with van der Waals surface area (Å²) in [4.78, 5) is 11.9. The first-order valence-electron chi connectivity index (χ1n) is 6.78. The molecular formula is C15H24N2O4. The minimum Gasteiger partial charge on any atom is -0.496 e. The van der Waals surface area contributed by atoms with Gasteiger partial charge in [0, 0.05) is 30.6 Å². The smallest absolute Gasteiger partial charge is 0.224 e. The fourth-order valence-electron chi connectivity index (χ4n) is 1.99. The van der Waals surface area contributed by atoms with Gasteiger partial charge in [-0.1, -0.05) is 6.92 Å². The van der Waals surface area contributed by atoms with E-state index in [2.05, 4.69) is 10.6 Å². The third-order valence-corrected chi connectivity index (χ3v) is 3.20. The zero-order valence-corrected chi connectivity index (χ0v) is 13.3. The van der Waals surface area contributed by atoms with Crippen LogP contribution in [0.4, 0.5) is 0 Å². The highest BCUT2D eigenvalue weighted by Gasteiger charge is 2.15. The quantitative estimate of drug-likeness (QED) is 0.754. The lowest BCUT2D eigenvalue weighted by Crippen LogP contribution is -2.34. The maximum atomic E-state index is 11.9. The van der Waals surface area contributed by atoms with Crippen molar-refractivity contribution in [2.24, 2.45) is 5.92 Å². The number of methoxy groups -OCH3 is 3. The Morgan fingerprint density at radius 1 is 1.10 bits per heavy atom. The van der Waals surface area contributed by atoms with Crippen LogP contribution in [0.2, 0.25) is 0 Å². The summed E-state index contributed by atoms with van der Waals surface area (Å²) in [6.45, 7) is 2.88. The molecule has 6 nitrogen and oxygen atoms in total. The standard InChI is InChI=1S/C15H24N2O4/c1-10(8-16-2)15(18)17-9-11-6-13(20-4)14(21-5)7-12(11)19-3/h6-7,10,16H,8-9H2,1-5H3,(H,17,18). The zero-order valence-electron chi connectivity index (χ0n) is 13.3. The van der Waals surface area contributed by atoms with Crippen molar-refractivity contribution in [3.63, 3.8) is 0 Å². The van der Waals surface area contributed by atoms with Gasteiger partial charge in [0.15, 0.2) is 11.5 Å². The highest BCUT2D eigenvalue weighted by atomic mass is 16.5. The van der Waals surface area contributed by atoms with E-state index >= 15 is 0 Å². The summed E-state index contributed by atoms with van der Waals surface area (Å²) in [5.74, 6) is 1.73. The van der Waals surface area contributed by atoms with E-state index in [1.54, 1.807) is 33.5 Å². The first-order chi connectivity index (χ1) is 10.1. The first kappa shape index (κ1) is 17.1. The topological polar surface area (TPSA) is 68.8 Å². The van der Waals surface area contributed by atoms with Gasteiger partial charge in [0.1, 0.15) is 5.75 Å². The molecule has 0 aromatic heterocycles. The van der Waals surface area contributed by atoms with Crippen molar-refractivity contribution in [3.8, 4) is 17.2 Å². The molecule has 21 heavy (non-hydrogen) atoms. The Kier molecular flexibility index (Phi) is 6.81. The highest BCUT2D eigenvalue weighted by molar-refractivity contribution is 5.78. The SMILES string of the molecule is CNCC(C)C(=O)NCc1cc(OC)c(OC)cc1OC. The van der Waals surface area contributed by atoms with E-state index < -0.39 is 0 Å². The van der Waals surface area contributed by atoms with Gasteiger partial charge in [-0.3, -0.25) is 4.79 Å². The van der Waals surface area contributed by atoms with E-state index in [1.165, 1.54) is 0 Å². The molecule has 118 valence electrons. The number of carbonyl (C=O) groups is 1. The summed E-state index contributed by atoms with van der Waals surface area (Å²) in [7, 11) is 6.54. The van der Waals surface area contributed by atoms with E-state index in [0.717, 1.165) is 5.56 Å². The molecule has 0 aliphatic carbocycles. The van der Waals surface area contributed by atoms with Crippen molar-refractivity contribution in [3.05, 3.63) is 17.7 Å². The van der Waals surface area contributed by atoms with Gasteiger partial charge in [-0.25, -0.2) is 0 Å². The Morgan fingerprint density at radius 3 is 2.19 bits per heavy atom. The molecule has 0 saturated carbocycles. The molecule has 0 saturated heterocycles. The van der Waals surface area contributed by atoms with E-state index in [9.17, 15) is 4.79 Å². The Balaban J connectivity index is 2.84. The van der Waals surface area contributed by atoms with Crippen molar-refractivity contribution in [2.45, 2.75) is 13.5 Å². The Hall–Kier alpha value is -1.95. The van der Waals surface area contributed by atoms with Crippen LogP contribution < -0.4 is 24.8 Å². The Labute approximate surface area is 125 Å². The monoisotopic (exact) mass is 296 g/mol. The van der Waals surface area contributed by atoms with Crippen LogP contribution in [0, 0.1) is 5.92 Å². The van der Waals surface area contributed by atoms with Crippen molar-refractivity contribution in [2.75, 3.05) is 34.9 Å². The summed E-state index contributed by atoms with van der Waals surface area (Å²) in [6, 6.07) is 3.55. The predicted molar refractivity (Wildman–Crippen MR) is 81.0 cm³/mol. The molecule has 0 heterocycles. The molecule has 1 atom stereocenters. The summed E-state index contributed by atoms with van der Waals surface area (Å²) >= 11 is 0. The molecule has 0 fully saturated rings. The molecule has 1 rings (SSSR count). The number of rotatable bonds is 8. The minimum atomic E-state index is -0.0962. The van der Waals surface area contributed by atoms with E-state index in [-0.39, 0.29) is 11.8 Å². The second-order valence-electron chi connectivity index (χ2n) is 4.70. The van der Waals surface area contributed by atoms with Crippen LogP contribution in [0.5, 0.6) is 17.2 Å². The molecule has 1 unspecified atom stereocenters. The molecule has 0 bridgehead atoms. The summed E-state index contributed by atoms with van der Waals surface area (Å²) in [6.07, 6.45) is 0. The average molecular weight is 296 g/mol. The van der Waals surface area contributed by atoms with Gasteiger partial charge < -0.3 is 24.8 Å². The lowest BCUT2D eigenvalue weighted by atomic mass is 10.1. The number of benzene rings is 1. The number of hydrogen-bond donors (Lipinski definition) is 2. The molecule has 0 aliphatic rings. The second kappa shape index (κ2) is 8.36. The van der Waals surface area contributed by atoms with Crippen LogP contribution in [0.3, 0.4) is 0 Å². The van der Waals surface area contributed by atoms with Crippen LogP contribution in [-0.2, 0) is 11.3 Å². The fourth-order valence-corrected chi connectivity index (χ4v) is 1.99. The third-order valence-electron chi connectivity index (χ3n) is 3.20. The number of hydrogen-bond acceptors (Lipinski definition) is 5. The minimum absolute atomic E-state index is 0.0128. The summed E-state index contributed by atoms with van der Waals surface area (Å²) in [5.41, 5.74) is 0.833. The number of carbonyl (C=O) groups excluding carboxylic acids is 1. The van der Waals surface area contributed by atoms with Crippen LogP contribution >= 0.6 is 0 Å². The Morgan fingerprint density at radius 2 is 1.67 bits per heavy atom. The van der Waals surface area contributed by atoms with Crippen LogP contribution in [0.25, 0.3) is 0 Å². The normalized spacial score (nSPS) is 11.7. The second-order valence-corrected chi connectivity index (χ2v) is 4.70. The molecule has 1 aromatic carbocycles. The molecule has 2 N–H and O–H groups in total. The Bertz CT molecular complexity index is 477. The molecule has 6 heteroatoms. The van der Waals surface area contributed by atoms with Crippen LogP contribution in [0.15, 0.2) is 12.1 Å². The number of nitrogens with one attached hydrogen (secondary N) is 2. The van der Waals surface area contributed by atoms with Gasteiger partial charge in [-0.05, 0) is 13.1 Å². The fraction of sp³-hybridized carbons (Fsp3) is 0.533. The lowest BCUT2D eigenvalue weighted by molar-refractivity contribution is -0.124. The molecule has 0 spiro atoms. The lowest BCUT2D eigenvalue weighted by Gasteiger charge is -2.16. The van der Waals surface area contributed by atoms with Gasteiger partial charge >= 0.3 is 0 Å². The van der Waals surface area contributed by atoms with Gasteiger partial charge in [-0.2, -0.15) is 0 Å². The maximum absolute atomic E-state index is 11.9. The molecule has 1 amide bonds. The van der Waals surface area contributed by atoms with Crippen LogP contribution in [-0.4, -0.2) is 40.8 Å². The summed E-state index contributed by atoms with van der Waals surface area (Å²) in [5, 5.41) is 5.87. The molecule has 0 radical (unpaired) electrons. The average Bonchev–Trinajstić information content (AvgIpc) is 2.51. The summed E-state index contributed by atoms with van der Waals surface area (Å²) < 4.78 is 15.8. The highest BCUT2D eigenvalue weighted by Crippen LogP contribution is 2.34. The van der Waals surface area contributed by atoms with E-state index in [1.807, 2.05) is 14.0 Å².